The lowest BCUT2D eigenvalue weighted by Gasteiger charge is -2.33. The number of nitrogens with one attached hydrogen (secondary N) is 1. The number of ether oxygens (including phenoxy) is 2. The van der Waals surface area contributed by atoms with E-state index in [0.717, 1.165) is 0 Å². The van der Waals surface area contributed by atoms with Crippen molar-refractivity contribution in [3.63, 3.8) is 0 Å². The number of carbonyl (C=O) groups excluding carboxylic acids is 3. The van der Waals surface area contributed by atoms with Crippen molar-refractivity contribution in [2.75, 3.05) is 11.9 Å². The van der Waals surface area contributed by atoms with Crippen LogP contribution in [0, 0.1) is 15.5 Å². The zero-order valence-corrected chi connectivity index (χ0v) is 19.7. The quantitative estimate of drug-likeness (QED) is 0.265. The first-order valence-corrected chi connectivity index (χ1v) is 10.8. The summed E-state index contributed by atoms with van der Waals surface area (Å²) in [7, 11) is 0. The van der Waals surface area contributed by atoms with Crippen LogP contribution in [0.25, 0.3) is 0 Å². The maximum atomic E-state index is 13.2. The number of Topliss-reactive ketones (excluding diaryl/α,β-unsaturated/α-hetero) is 1. The largest absolute Gasteiger partial charge is 0.462 e. The van der Waals surface area contributed by atoms with Gasteiger partial charge < -0.3 is 9.47 Å². The van der Waals surface area contributed by atoms with Crippen LogP contribution in [0.2, 0.25) is 5.02 Å². The summed E-state index contributed by atoms with van der Waals surface area (Å²) in [5, 5.41) is 14.5. The number of esters is 1. The molecule has 0 saturated heterocycles. The van der Waals surface area contributed by atoms with Gasteiger partial charge in [0.1, 0.15) is 11.0 Å². The van der Waals surface area contributed by atoms with Gasteiger partial charge in [0.2, 0.25) is 6.54 Å². The van der Waals surface area contributed by atoms with Crippen molar-refractivity contribution in [2.24, 2.45) is 5.41 Å². The number of nitrogens with zero attached hydrogens (tertiary/aromatic N) is 1. The third-order valence-electron chi connectivity index (χ3n) is 5.13. The number of benzene rings is 1. The second-order valence-corrected chi connectivity index (χ2v) is 9.56. The lowest BCUT2D eigenvalue weighted by molar-refractivity contribution is -0.485. The summed E-state index contributed by atoms with van der Waals surface area (Å²) in [6.45, 7) is 7.64. The monoisotopic (exact) mass is 468 g/mol. The minimum Gasteiger partial charge on any atom is -0.462 e. The predicted molar refractivity (Wildman–Crippen MR) is 118 cm³/mol. The second-order valence-electron chi connectivity index (χ2n) is 9.13. The molecule has 2 atom stereocenters. The summed E-state index contributed by atoms with van der Waals surface area (Å²) < 4.78 is 10.7. The third-order valence-corrected chi connectivity index (χ3v) is 5.37. The maximum Gasteiger partial charge on any atom is 0.412 e. The van der Waals surface area contributed by atoms with Crippen molar-refractivity contribution in [3.8, 4) is 0 Å². The Kier molecular flexibility index (Phi) is 7.88. The molecule has 10 heteroatoms. The Morgan fingerprint density at radius 3 is 2.47 bits per heavy atom. The third kappa shape index (κ3) is 5.97. The molecule has 32 heavy (non-hydrogen) atoms. The minimum absolute atomic E-state index is 0.105. The van der Waals surface area contributed by atoms with Crippen molar-refractivity contribution >= 4 is 35.1 Å². The molecule has 0 heterocycles. The van der Waals surface area contributed by atoms with E-state index >= 15 is 0 Å². The SMILES string of the molecule is CC(C)OC(=O)[C@]1([C@@H](C[N+](=O)[O-])c2cc(Cl)ccc2NC(=O)OC(C)(C)C)CCCC1=O. The van der Waals surface area contributed by atoms with Crippen LogP contribution in [0.5, 0.6) is 0 Å². The van der Waals surface area contributed by atoms with E-state index in [1.165, 1.54) is 18.2 Å². The Bertz CT molecular complexity index is 910. The van der Waals surface area contributed by atoms with E-state index < -0.39 is 52.4 Å². The van der Waals surface area contributed by atoms with Crippen molar-refractivity contribution in [1.29, 1.82) is 0 Å². The zero-order valence-electron chi connectivity index (χ0n) is 18.9. The van der Waals surface area contributed by atoms with Crippen LogP contribution in [-0.2, 0) is 19.1 Å². The van der Waals surface area contributed by atoms with Crippen LogP contribution in [0.1, 0.15) is 65.4 Å². The van der Waals surface area contributed by atoms with Gasteiger partial charge in [-0.05, 0) is 71.2 Å². The molecule has 1 N–H and O–H groups in total. The molecule has 1 aromatic carbocycles. The lowest BCUT2D eigenvalue weighted by atomic mass is 9.69. The smallest absolute Gasteiger partial charge is 0.412 e. The molecule has 1 aromatic rings. The van der Waals surface area contributed by atoms with Gasteiger partial charge in [-0.25, -0.2) is 4.79 Å². The molecule has 2 rings (SSSR count). The molecule has 1 saturated carbocycles. The normalized spacial score (nSPS) is 19.5. The Morgan fingerprint density at radius 2 is 1.97 bits per heavy atom. The van der Waals surface area contributed by atoms with Crippen LogP contribution in [0.3, 0.4) is 0 Å². The number of halogens is 1. The first kappa shape index (κ1) is 25.6. The molecular formula is C22H29ClN2O7. The molecule has 1 amide bonds. The summed E-state index contributed by atoms with van der Waals surface area (Å²) in [4.78, 5) is 49.7. The molecule has 1 aliphatic rings. The highest BCUT2D eigenvalue weighted by atomic mass is 35.5. The van der Waals surface area contributed by atoms with Gasteiger partial charge in [-0.3, -0.25) is 25.0 Å². The number of hydrogen-bond acceptors (Lipinski definition) is 7. The number of rotatable bonds is 7. The fourth-order valence-corrected chi connectivity index (χ4v) is 4.13. The lowest BCUT2D eigenvalue weighted by Crippen LogP contribution is -2.46. The molecule has 0 bridgehead atoms. The fraction of sp³-hybridized carbons (Fsp3) is 0.591. The summed E-state index contributed by atoms with van der Waals surface area (Å²) in [5.74, 6) is -2.41. The van der Waals surface area contributed by atoms with Crippen molar-refractivity contribution < 1.29 is 28.8 Å². The molecule has 0 aliphatic heterocycles. The summed E-state index contributed by atoms with van der Waals surface area (Å²) >= 11 is 6.18. The van der Waals surface area contributed by atoms with Gasteiger partial charge >= 0.3 is 12.1 Å². The number of amides is 1. The average Bonchev–Trinajstić information content (AvgIpc) is 3.01. The molecule has 176 valence electrons. The Morgan fingerprint density at radius 1 is 1.31 bits per heavy atom. The van der Waals surface area contributed by atoms with Crippen molar-refractivity contribution in [2.45, 2.75) is 71.5 Å². The van der Waals surface area contributed by atoms with Gasteiger partial charge in [-0.2, -0.15) is 0 Å². The first-order valence-electron chi connectivity index (χ1n) is 10.4. The maximum absolute atomic E-state index is 13.2. The van der Waals surface area contributed by atoms with E-state index in [4.69, 9.17) is 21.1 Å². The van der Waals surface area contributed by atoms with Crippen LogP contribution in [0.15, 0.2) is 18.2 Å². The molecule has 0 radical (unpaired) electrons. The van der Waals surface area contributed by atoms with Crippen LogP contribution in [0.4, 0.5) is 10.5 Å². The van der Waals surface area contributed by atoms with E-state index in [-0.39, 0.29) is 29.1 Å². The molecule has 0 spiro atoms. The number of nitro groups is 1. The van der Waals surface area contributed by atoms with Gasteiger partial charge in [-0.15, -0.1) is 0 Å². The number of carbonyl (C=O) groups is 3. The van der Waals surface area contributed by atoms with Gasteiger partial charge in [0.05, 0.1) is 12.0 Å². The van der Waals surface area contributed by atoms with E-state index in [0.29, 0.717) is 6.42 Å². The Hall–Kier alpha value is -2.68. The van der Waals surface area contributed by atoms with Gasteiger partial charge in [0, 0.05) is 22.1 Å². The van der Waals surface area contributed by atoms with Crippen LogP contribution >= 0.6 is 11.6 Å². The zero-order chi connectivity index (χ0) is 24.3. The predicted octanol–water partition coefficient (Wildman–Crippen LogP) is 4.74. The van der Waals surface area contributed by atoms with Crippen molar-refractivity contribution in [1.82, 2.24) is 0 Å². The number of ketones is 1. The van der Waals surface area contributed by atoms with E-state index in [9.17, 15) is 24.5 Å². The van der Waals surface area contributed by atoms with Crippen molar-refractivity contribution in [3.05, 3.63) is 38.9 Å². The summed E-state index contributed by atoms with van der Waals surface area (Å²) in [5.41, 5.74) is -2.14. The van der Waals surface area contributed by atoms with Gasteiger partial charge in [0.25, 0.3) is 0 Å². The highest BCUT2D eigenvalue weighted by molar-refractivity contribution is 6.30. The molecular weight excluding hydrogens is 440 g/mol. The Labute approximate surface area is 191 Å². The number of anilines is 1. The number of hydrogen-bond donors (Lipinski definition) is 1. The molecule has 1 aliphatic carbocycles. The molecule has 0 aromatic heterocycles. The van der Waals surface area contributed by atoms with Crippen LogP contribution in [-0.4, -0.2) is 41.0 Å². The minimum atomic E-state index is -1.74. The Balaban J connectivity index is 2.62. The van der Waals surface area contributed by atoms with Gasteiger partial charge in [0.15, 0.2) is 5.78 Å². The molecule has 9 nitrogen and oxygen atoms in total. The molecule has 0 unspecified atom stereocenters. The summed E-state index contributed by atoms with van der Waals surface area (Å²) in [6, 6.07) is 4.39. The van der Waals surface area contributed by atoms with E-state index in [1.807, 2.05) is 0 Å². The fourth-order valence-electron chi connectivity index (χ4n) is 3.95. The second kappa shape index (κ2) is 9.85. The first-order chi connectivity index (χ1) is 14.8. The average molecular weight is 469 g/mol. The van der Waals surface area contributed by atoms with Crippen LogP contribution < -0.4 is 5.32 Å². The standard InChI is InChI=1S/C22H29ClN2O7/c1-13(2)31-19(27)22(10-6-7-18(22)26)16(12-25(29)30)15-11-14(23)8-9-17(15)24-20(28)32-21(3,4)5/h8-9,11,13,16H,6-7,10,12H2,1-5H3,(H,24,28)/t16-,22-/m0/s1. The van der Waals surface area contributed by atoms with E-state index in [2.05, 4.69) is 5.32 Å². The highest BCUT2D eigenvalue weighted by Crippen LogP contribution is 2.50. The van der Waals surface area contributed by atoms with E-state index in [1.54, 1.807) is 34.6 Å². The summed E-state index contributed by atoms with van der Waals surface area (Å²) in [6.07, 6.45) is -0.680. The molecule has 1 fully saturated rings. The topological polar surface area (TPSA) is 125 Å². The highest BCUT2D eigenvalue weighted by Gasteiger charge is 2.58. The van der Waals surface area contributed by atoms with Gasteiger partial charge in [-0.1, -0.05) is 11.6 Å².